The standard InChI is InChI=1S/C24H24F3N7O2/c1-13(2)33-22(36)18-12-30-23(31-16-4-3-14-5-7-28-11-15(14)9-16)32-21(18)34(33)17-6-8-29-19(10-17)20(35)24(25,26)27/h3-4,6,8-10,12-13,20,28,35H,5,7,11H2,1-2H3,(H,30,31,32). The summed E-state index contributed by atoms with van der Waals surface area (Å²) in [5.41, 5.74) is 2.66. The minimum absolute atomic E-state index is 0.202. The minimum atomic E-state index is -4.88. The quantitative estimate of drug-likeness (QED) is 0.385. The molecule has 0 saturated carbocycles. The molecule has 0 radical (unpaired) electrons. The Morgan fingerprint density at radius 2 is 1.94 bits per heavy atom. The van der Waals surface area contributed by atoms with Crippen molar-refractivity contribution in [3.63, 3.8) is 0 Å². The van der Waals surface area contributed by atoms with Gasteiger partial charge in [-0.3, -0.25) is 9.78 Å². The number of rotatable bonds is 5. The van der Waals surface area contributed by atoms with Crippen molar-refractivity contribution >= 4 is 22.7 Å². The molecule has 5 rings (SSSR count). The molecule has 0 fully saturated rings. The number of benzene rings is 1. The molecule has 4 aromatic rings. The first-order valence-electron chi connectivity index (χ1n) is 11.4. The molecule has 0 amide bonds. The molecule has 9 nitrogen and oxygen atoms in total. The van der Waals surface area contributed by atoms with E-state index in [9.17, 15) is 23.1 Å². The lowest BCUT2D eigenvalue weighted by atomic mass is 10.0. The Morgan fingerprint density at radius 3 is 2.69 bits per heavy atom. The fourth-order valence-electron chi connectivity index (χ4n) is 4.35. The van der Waals surface area contributed by atoms with Crippen molar-refractivity contribution in [2.75, 3.05) is 11.9 Å². The van der Waals surface area contributed by atoms with E-state index in [-0.39, 0.29) is 34.3 Å². The Balaban J connectivity index is 1.61. The van der Waals surface area contributed by atoms with Crippen LogP contribution < -0.4 is 16.2 Å². The van der Waals surface area contributed by atoms with Crippen LogP contribution in [-0.2, 0) is 13.0 Å². The van der Waals surface area contributed by atoms with Gasteiger partial charge in [0, 0.05) is 30.7 Å². The van der Waals surface area contributed by atoms with Gasteiger partial charge in [0.15, 0.2) is 11.8 Å². The molecule has 1 aromatic carbocycles. The maximum Gasteiger partial charge on any atom is 0.420 e. The third kappa shape index (κ3) is 4.33. The molecule has 4 heterocycles. The van der Waals surface area contributed by atoms with Gasteiger partial charge in [0.2, 0.25) is 5.95 Å². The van der Waals surface area contributed by atoms with Gasteiger partial charge in [-0.1, -0.05) is 6.07 Å². The van der Waals surface area contributed by atoms with Crippen LogP contribution in [0.15, 0.2) is 47.5 Å². The van der Waals surface area contributed by atoms with Crippen LogP contribution in [0.5, 0.6) is 0 Å². The van der Waals surface area contributed by atoms with Gasteiger partial charge in [0.25, 0.3) is 5.56 Å². The Bertz CT molecular complexity index is 1490. The Hall–Kier alpha value is -3.77. The van der Waals surface area contributed by atoms with E-state index in [0.29, 0.717) is 0 Å². The average Bonchev–Trinajstić information content (AvgIpc) is 3.15. The zero-order valence-electron chi connectivity index (χ0n) is 19.5. The summed E-state index contributed by atoms with van der Waals surface area (Å²) in [5, 5.41) is 16.4. The van der Waals surface area contributed by atoms with Gasteiger partial charge in [0.1, 0.15) is 5.39 Å². The Kier molecular flexibility index (Phi) is 6.00. The van der Waals surface area contributed by atoms with Gasteiger partial charge in [-0.2, -0.15) is 18.2 Å². The van der Waals surface area contributed by atoms with Crippen LogP contribution in [0.1, 0.15) is 42.8 Å². The topological polar surface area (TPSA) is 110 Å². The average molecular weight is 499 g/mol. The fourth-order valence-corrected chi connectivity index (χ4v) is 4.35. The zero-order chi connectivity index (χ0) is 25.6. The van der Waals surface area contributed by atoms with Crippen molar-refractivity contribution in [2.45, 2.75) is 45.1 Å². The number of hydrogen-bond donors (Lipinski definition) is 3. The molecule has 0 saturated heterocycles. The minimum Gasteiger partial charge on any atom is -0.378 e. The molecule has 0 bridgehead atoms. The molecule has 3 N–H and O–H groups in total. The first-order chi connectivity index (χ1) is 17.1. The van der Waals surface area contributed by atoms with Crippen LogP contribution in [0.25, 0.3) is 16.7 Å². The van der Waals surface area contributed by atoms with E-state index in [1.807, 2.05) is 18.2 Å². The number of pyridine rings is 1. The summed E-state index contributed by atoms with van der Waals surface area (Å²) >= 11 is 0. The van der Waals surface area contributed by atoms with Crippen molar-refractivity contribution < 1.29 is 18.3 Å². The molecule has 3 aromatic heterocycles. The molecule has 1 unspecified atom stereocenters. The lowest BCUT2D eigenvalue weighted by Crippen LogP contribution is -2.25. The second-order valence-electron chi connectivity index (χ2n) is 8.90. The van der Waals surface area contributed by atoms with Crippen LogP contribution in [0.2, 0.25) is 0 Å². The molecule has 1 atom stereocenters. The van der Waals surface area contributed by atoms with Crippen molar-refractivity contribution in [3.8, 4) is 5.69 Å². The molecule has 36 heavy (non-hydrogen) atoms. The number of alkyl halides is 3. The summed E-state index contributed by atoms with van der Waals surface area (Å²) in [6.45, 7) is 5.24. The van der Waals surface area contributed by atoms with Crippen LogP contribution >= 0.6 is 0 Å². The van der Waals surface area contributed by atoms with E-state index < -0.39 is 18.0 Å². The van der Waals surface area contributed by atoms with Crippen molar-refractivity contribution in [1.82, 2.24) is 29.6 Å². The van der Waals surface area contributed by atoms with E-state index in [4.69, 9.17) is 0 Å². The van der Waals surface area contributed by atoms with E-state index >= 15 is 0 Å². The van der Waals surface area contributed by atoms with Crippen LogP contribution in [0.3, 0.4) is 0 Å². The van der Waals surface area contributed by atoms with E-state index in [2.05, 4.69) is 25.6 Å². The maximum absolute atomic E-state index is 13.2. The molecular weight excluding hydrogens is 475 g/mol. The number of halogens is 3. The molecule has 188 valence electrons. The number of aliphatic hydroxyl groups excluding tert-OH is 1. The summed E-state index contributed by atoms with van der Waals surface area (Å²) in [6.07, 6.45) is -4.14. The summed E-state index contributed by atoms with van der Waals surface area (Å²) in [7, 11) is 0. The zero-order valence-corrected chi connectivity index (χ0v) is 19.5. The summed E-state index contributed by atoms with van der Waals surface area (Å²) in [6, 6.07) is 8.19. The summed E-state index contributed by atoms with van der Waals surface area (Å²) in [5.74, 6) is 0.227. The molecule has 0 aliphatic carbocycles. The maximum atomic E-state index is 13.2. The normalized spacial score (nSPS) is 14.8. The second-order valence-corrected chi connectivity index (χ2v) is 8.90. The van der Waals surface area contributed by atoms with Crippen molar-refractivity contribution in [2.24, 2.45) is 0 Å². The number of anilines is 2. The van der Waals surface area contributed by atoms with Crippen LogP contribution in [0, 0.1) is 0 Å². The lowest BCUT2D eigenvalue weighted by molar-refractivity contribution is -0.207. The van der Waals surface area contributed by atoms with E-state index in [1.165, 1.54) is 32.8 Å². The number of fused-ring (bicyclic) bond motifs is 2. The first kappa shape index (κ1) is 23.9. The molecule has 12 heteroatoms. The lowest BCUT2D eigenvalue weighted by Gasteiger charge is -2.18. The van der Waals surface area contributed by atoms with Gasteiger partial charge >= 0.3 is 6.18 Å². The van der Waals surface area contributed by atoms with E-state index in [1.54, 1.807) is 13.8 Å². The van der Waals surface area contributed by atoms with Crippen LogP contribution in [-0.4, -0.2) is 42.1 Å². The highest BCUT2D eigenvalue weighted by atomic mass is 19.4. The van der Waals surface area contributed by atoms with Gasteiger partial charge in [0.05, 0.1) is 11.4 Å². The van der Waals surface area contributed by atoms with Gasteiger partial charge < -0.3 is 15.7 Å². The highest BCUT2D eigenvalue weighted by Gasteiger charge is 2.40. The fraction of sp³-hybridized carbons (Fsp3) is 0.333. The van der Waals surface area contributed by atoms with Crippen LogP contribution in [0.4, 0.5) is 24.8 Å². The number of aromatic nitrogens is 5. The first-order valence-corrected chi connectivity index (χ1v) is 11.4. The molecular formula is C24H24F3N7O2. The molecule has 0 spiro atoms. The number of nitrogens with zero attached hydrogens (tertiary/aromatic N) is 5. The Labute approximate surface area is 203 Å². The predicted octanol–water partition coefficient (Wildman–Crippen LogP) is 3.54. The Morgan fingerprint density at radius 1 is 1.14 bits per heavy atom. The smallest absolute Gasteiger partial charge is 0.378 e. The molecule has 1 aliphatic heterocycles. The predicted molar refractivity (Wildman–Crippen MR) is 127 cm³/mol. The molecule has 1 aliphatic rings. The second kappa shape index (κ2) is 9.03. The van der Waals surface area contributed by atoms with Gasteiger partial charge in [-0.15, -0.1) is 0 Å². The largest absolute Gasteiger partial charge is 0.420 e. The number of aliphatic hydroxyl groups is 1. The summed E-state index contributed by atoms with van der Waals surface area (Å²) in [4.78, 5) is 25.7. The number of nitrogens with one attached hydrogen (secondary N) is 2. The van der Waals surface area contributed by atoms with Gasteiger partial charge in [-0.05, 0) is 62.2 Å². The highest BCUT2D eigenvalue weighted by Crippen LogP contribution is 2.32. The van der Waals surface area contributed by atoms with Gasteiger partial charge in [-0.25, -0.2) is 14.3 Å². The third-order valence-corrected chi connectivity index (χ3v) is 6.06. The third-order valence-electron chi connectivity index (χ3n) is 6.06. The van der Waals surface area contributed by atoms with E-state index in [0.717, 1.165) is 37.5 Å². The van der Waals surface area contributed by atoms with Crippen molar-refractivity contribution in [3.05, 3.63) is 69.9 Å². The number of hydrogen-bond acceptors (Lipinski definition) is 7. The SMILES string of the molecule is CC(C)n1c(=O)c2cnc(Nc3ccc4c(c3)CNCC4)nc2n1-c1ccnc(C(O)C(F)(F)F)c1. The highest BCUT2D eigenvalue weighted by molar-refractivity contribution is 5.77. The summed E-state index contributed by atoms with van der Waals surface area (Å²) < 4.78 is 42.2. The monoisotopic (exact) mass is 499 g/mol. The van der Waals surface area contributed by atoms with Crippen molar-refractivity contribution in [1.29, 1.82) is 0 Å².